The van der Waals surface area contributed by atoms with Crippen LogP contribution in [-0.4, -0.2) is 12.2 Å². The van der Waals surface area contributed by atoms with E-state index in [2.05, 4.69) is 10.2 Å². The molecule has 116 valence electrons. The summed E-state index contributed by atoms with van der Waals surface area (Å²) in [6.45, 7) is 0. The lowest BCUT2D eigenvalue weighted by Gasteiger charge is -2.15. The van der Waals surface area contributed by atoms with Gasteiger partial charge in [0.2, 0.25) is 5.96 Å². The fourth-order valence-corrected chi connectivity index (χ4v) is 1.57. The van der Waals surface area contributed by atoms with E-state index in [1.807, 2.05) is 0 Å². The molecule has 0 aliphatic carbocycles. The zero-order chi connectivity index (χ0) is 16.4. The molecule has 0 fully saturated rings. The second kappa shape index (κ2) is 5.80. The minimum Gasteiger partial charge on any atom is -0.369 e. The normalized spacial score (nSPS) is 12.7. The highest BCUT2D eigenvalue weighted by atomic mass is 35.5. The first-order valence-corrected chi connectivity index (χ1v) is 5.40. The third-order valence-corrected chi connectivity index (χ3v) is 2.44. The van der Waals surface area contributed by atoms with E-state index in [0.717, 1.165) is 0 Å². The van der Waals surface area contributed by atoms with Gasteiger partial charge < -0.3 is 11.5 Å². The Bertz CT molecular complexity index is 586. The van der Waals surface area contributed by atoms with Crippen LogP contribution in [0, 0.1) is 0 Å². The summed E-state index contributed by atoms with van der Waals surface area (Å²) in [6, 6.07) is 0.288. The standard InChI is InChI=1S/C10H7ClF6N4/c11-7-2-4(9(12,13)14)1-6(10(15,16)17)5(7)3-20-21-8(18)19/h1-3H,(H4,18,19,21). The first-order chi connectivity index (χ1) is 9.43. The largest absolute Gasteiger partial charge is 0.417 e. The summed E-state index contributed by atoms with van der Waals surface area (Å²) < 4.78 is 76.0. The van der Waals surface area contributed by atoms with Crippen molar-refractivity contribution in [3.8, 4) is 0 Å². The predicted molar refractivity (Wildman–Crippen MR) is 64.9 cm³/mol. The Labute approximate surface area is 119 Å². The van der Waals surface area contributed by atoms with Crippen molar-refractivity contribution < 1.29 is 26.3 Å². The van der Waals surface area contributed by atoms with Gasteiger partial charge in [-0.2, -0.15) is 31.4 Å². The first-order valence-electron chi connectivity index (χ1n) is 5.03. The number of rotatable bonds is 2. The molecule has 0 radical (unpaired) electrons. The monoisotopic (exact) mass is 332 g/mol. The Kier molecular flexibility index (Phi) is 4.72. The molecular formula is C10H7ClF6N4. The second-order valence-electron chi connectivity index (χ2n) is 3.68. The average Bonchev–Trinajstić information content (AvgIpc) is 2.27. The van der Waals surface area contributed by atoms with Crippen LogP contribution in [-0.2, 0) is 12.4 Å². The maximum Gasteiger partial charge on any atom is 0.417 e. The molecule has 0 saturated heterocycles. The molecule has 4 nitrogen and oxygen atoms in total. The van der Waals surface area contributed by atoms with E-state index in [0.29, 0.717) is 12.3 Å². The summed E-state index contributed by atoms with van der Waals surface area (Å²) in [7, 11) is 0. The molecule has 0 unspecified atom stereocenters. The second-order valence-corrected chi connectivity index (χ2v) is 4.09. The van der Waals surface area contributed by atoms with Gasteiger partial charge in [-0.25, -0.2) is 0 Å². The van der Waals surface area contributed by atoms with Crippen LogP contribution in [0.2, 0.25) is 5.02 Å². The number of benzene rings is 1. The number of nitrogens with two attached hydrogens (primary N) is 2. The van der Waals surface area contributed by atoms with Crippen molar-refractivity contribution in [3.05, 3.63) is 33.8 Å². The third kappa shape index (κ3) is 4.52. The Balaban J connectivity index is 3.50. The quantitative estimate of drug-likeness (QED) is 0.378. The molecule has 0 atom stereocenters. The zero-order valence-electron chi connectivity index (χ0n) is 9.93. The Morgan fingerprint density at radius 2 is 1.62 bits per heavy atom. The van der Waals surface area contributed by atoms with Gasteiger partial charge in [0, 0.05) is 5.56 Å². The van der Waals surface area contributed by atoms with Crippen molar-refractivity contribution in [2.24, 2.45) is 21.7 Å². The van der Waals surface area contributed by atoms with Gasteiger partial charge in [-0.05, 0) is 12.1 Å². The van der Waals surface area contributed by atoms with Gasteiger partial charge in [-0.3, -0.25) is 0 Å². The Morgan fingerprint density at radius 3 is 2.05 bits per heavy atom. The van der Waals surface area contributed by atoms with Crippen LogP contribution in [0.4, 0.5) is 26.3 Å². The molecule has 4 N–H and O–H groups in total. The molecule has 0 saturated carbocycles. The number of hydrogen-bond acceptors (Lipinski definition) is 2. The van der Waals surface area contributed by atoms with Crippen molar-refractivity contribution in [1.82, 2.24) is 0 Å². The highest BCUT2D eigenvalue weighted by molar-refractivity contribution is 6.33. The molecule has 11 heteroatoms. The molecule has 0 aliphatic heterocycles. The number of hydrogen-bond donors (Lipinski definition) is 2. The maximum absolute atomic E-state index is 12.8. The molecule has 1 aromatic carbocycles. The fraction of sp³-hybridized carbons (Fsp3) is 0.200. The zero-order valence-corrected chi connectivity index (χ0v) is 10.7. The van der Waals surface area contributed by atoms with Crippen molar-refractivity contribution in [2.45, 2.75) is 12.4 Å². The number of guanidine groups is 1. The highest BCUT2D eigenvalue weighted by Crippen LogP contribution is 2.39. The lowest BCUT2D eigenvalue weighted by atomic mass is 10.0. The fourth-order valence-electron chi connectivity index (χ4n) is 1.30. The number of alkyl halides is 6. The number of nitrogens with zero attached hydrogens (tertiary/aromatic N) is 2. The molecule has 0 aliphatic rings. The van der Waals surface area contributed by atoms with Crippen LogP contribution in [0.3, 0.4) is 0 Å². The predicted octanol–water partition coefficient (Wildman–Crippen LogP) is 2.98. The van der Waals surface area contributed by atoms with Gasteiger partial charge in [0.15, 0.2) is 0 Å². The Morgan fingerprint density at radius 1 is 1.05 bits per heavy atom. The summed E-state index contributed by atoms with van der Waals surface area (Å²) in [5.41, 5.74) is 5.91. The molecule has 0 amide bonds. The molecule has 1 rings (SSSR count). The first kappa shape index (κ1) is 17.1. The third-order valence-electron chi connectivity index (χ3n) is 2.12. The molecule has 1 aromatic rings. The lowest BCUT2D eigenvalue weighted by molar-refractivity contribution is -0.143. The van der Waals surface area contributed by atoms with Crippen molar-refractivity contribution in [3.63, 3.8) is 0 Å². The summed E-state index contributed by atoms with van der Waals surface area (Å²) in [5, 5.41) is 5.38. The molecule has 21 heavy (non-hydrogen) atoms. The van der Waals surface area contributed by atoms with E-state index < -0.39 is 40.0 Å². The van der Waals surface area contributed by atoms with Crippen LogP contribution in [0.1, 0.15) is 16.7 Å². The van der Waals surface area contributed by atoms with Gasteiger partial charge in [0.25, 0.3) is 0 Å². The van der Waals surface area contributed by atoms with Crippen molar-refractivity contribution >= 4 is 23.8 Å². The summed E-state index contributed by atoms with van der Waals surface area (Å²) >= 11 is 5.46. The molecule has 0 aromatic heterocycles. The molecular weight excluding hydrogens is 326 g/mol. The maximum atomic E-state index is 12.8. The minimum atomic E-state index is -5.07. The van der Waals surface area contributed by atoms with Gasteiger partial charge >= 0.3 is 12.4 Å². The smallest absolute Gasteiger partial charge is 0.369 e. The summed E-state index contributed by atoms with van der Waals surface area (Å²) in [4.78, 5) is 0. The molecule has 0 bridgehead atoms. The average molecular weight is 333 g/mol. The Hall–Kier alpha value is -1.97. The van der Waals surface area contributed by atoms with Crippen LogP contribution in [0.5, 0.6) is 0 Å². The summed E-state index contributed by atoms with van der Waals surface area (Å²) in [6.07, 6.45) is -9.52. The van der Waals surface area contributed by atoms with E-state index in [1.165, 1.54) is 0 Å². The number of halogens is 7. The van der Waals surface area contributed by atoms with Gasteiger partial charge in [0.1, 0.15) is 0 Å². The van der Waals surface area contributed by atoms with Crippen molar-refractivity contribution in [2.75, 3.05) is 0 Å². The van der Waals surface area contributed by atoms with E-state index in [9.17, 15) is 26.3 Å². The van der Waals surface area contributed by atoms with E-state index in [4.69, 9.17) is 23.1 Å². The van der Waals surface area contributed by atoms with E-state index >= 15 is 0 Å². The summed E-state index contributed by atoms with van der Waals surface area (Å²) in [5.74, 6) is -0.539. The van der Waals surface area contributed by atoms with Crippen LogP contribution < -0.4 is 11.5 Å². The molecule has 0 heterocycles. The SMILES string of the molecule is NC(N)=NN=Cc1c(Cl)cc(C(F)(F)F)cc1C(F)(F)F. The topological polar surface area (TPSA) is 76.8 Å². The van der Waals surface area contributed by atoms with Gasteiger partial charge in [-0.1, -0.05) is 11.6 Å². The minimum absolute atomic E-state index is 0.0667. The van der Waals surface area contributed by atoms with Gasteiger partial charge in [-0.15, -0.1) is 5.10 Å². The van der Waals surface area contributed by atoms with Crippen LogP contribution in [0.25, 0.3) is 0 Å². The molecule has 0 spiro atoms. The lowest BCUT2D eigenvalue weighted by Crippen LogP contribution is -2.21. The van der Waals surface area contributed by atoms with E-state index in [-0.39, 0.29) is 6.07 Å². The van der Waals surface area contributed by atoms with Crippen LogP contribution in [0.15, 0.2) is 22.3 Å². The van der Waals surface area contributed by atoms with Gasteiger partial charge in [0.05, 0.1) is 22.4 Å². The highest BCUT2D eigenvalue weighted by Gasteiger charge is 2.39. The van der Waals surface area contributed by atoms with E-state index in [1.54, 1.807) is 0 Å². The van der Waals surface area contributed by atoms with Crippen LogP contribution >= 0.6 is 11.6 Å². The van der Waals surface area contributed by atoms with Crippen molar-refractivity contribution in [1.29, 1.82) is 0 Å².